The number of benzene rings is 2. The predicted octanol–water partition coefficient (Wildman–Crippen LogP) is 5.11. The summed E-state index contributed by atoms with van der Waals surface area (Å²) in [5.74, 6) is -0.381. The first kappa shape index (κ1) is 29.3. The molecule has 43 heavy (non-hydrogen) atoms. The summed E-state index contributed by atoms with van der Waals surface area (Å²) < 4.78 is 6.11. The smallest absolute Gasteiger partial charge is 0.411 e. The number of ether oxygens (including phenoxy) is 1. The Bertz CT molecular complexity index is 1750. The molecule has 1 atom stereocenters. The van der Waals surface area contributed by atoms with Crippen LogP contribution >= 0.6 is 23.2 Å². The van der Waals surface area contributed by atoms with Crippen molar-refractivity contribution in [2.24, 2.45) is 0 Å². The highest BCUT2D eigenvalue weighted by Crippen LogP contribution is 2.30. The van der Waals surface area contributed by atoms with E-state index in [1.165, 1.54) is 24.2 Å². The third kappa shape index (κ3) is 7.56. The molecule has 0 radical (unpaired) electrons. The van der Waals surface area contributed by atoms with Crippen molar-refractivity contribution in [1.82, 2.24) is 40.7 Å². The number of nitrogens with zero attached hydrogens (tertiary/aromatic N) is 7. The zero-order chi connectivity index (χ0) is 30.2. The number of aromatic nitrogens is 7. The second kappa shape index (κ2) is 13.6. The number of halogens is 2. The highest BCUT2D eigenvalue weighted by molar-refractivity contribution is 6.32. The molecular weight excluding hydrogens is 593 g/mol. The number of carbonyl (C=O) groups is 2. The van der Waals surface area contributed by atoms with Gasteiger partial charge in [0.1, 0.15) is 6.33 Å². The molecule has 3 heterocycles. The highest BCUT2D eigenvalue weighted by atomic mass is 35.5. The summed E-state index contributed by atoms with van der Waals surface area (Å²) in [6.45, 7) is 0. The monoisotopic (exact) mass is 615 g/mol. The number of hydrogen-bond donors (Lipinski definition) is 2. The number of rotatable bonds is 9. The first-order chi connectivity index (χ1) is 20.9. The molecule has 2 N–H and O–H groups in total. The van der Waals surface area contributed by atoms with Crippen LogP contribution in [0.1, 0.15) is 22.9 Å². The molecular formula is C29H23Cl2N9O3. The Kier molecular flexibility index (Phi) is 9.29. The van der Waals surface area contributed by atoms with Crippen molar-refractivity contribution in [2.75, 3.05) is 12.4 Å². The summed E-state index contributed by atoms with van der Waals surface area (Å²) in [6, 6.07) is 17.1. The predicted molar refractivity (Wildman–Crippen MR) is 161 cm³/mol. The molecule has 3 aromatic heterocycles. The maximum Gasteiger partial charge on any atom is 0.411 e. The number of tetrazole rings is 1. The molecule has 2 aromatic carbocycles. The third-order valence-corrected chi connectivity index (χ3v) is 6.75. The van der Waals surface area contributed by atoms with Gasteiger partial charge in [-0.25, -0.2) is 4.79 Å². The number of nitrogens with one attached hydrogen (secondary N) is 2. The summed E-state index contributed by atoms with van der Waals surface area (Å²) in [4.78, 5) is 29.0. The minimum Gasteiger partial charge on any atom is -0.453 e. The maximum atomic E-state index is 13.2. The Morgan fingerprint density at radius 1 is 1.07 bits per heavy atom. The standard InChI is InChI=1S/C29H23Cl2N9O3/c1-43-29(42)34-22-8-4-19(5-9-22)23-15-25(36-37-28(23)31)24(13-18-3-2-12-32-16-18)35-27(41)11-6-20-14-21(30)7-10-26(20)40-17-33-38-39-40/h2-12,14-17,24H,13H2,1H3,(H,34,42)(H,35,41)/b11-6+/t24-/m0/s1. The van der Waals surface area contributed by atoms with Crippen LogP contribution in [0.2, 0.25) is 10.2 Å². The molecule has 216 valence electrons. The van der Waals surface area contributed by atoms with Crippen LogP contribution in [-0.4, -0.2) is 54.5 Å². The van der Waals surface area contributed by atoms with Crippen LogP contribution in [0.15, 0.2) is 85.5 Å². The SMILES string of the molecule is COC(=O)Nc1ccc(-c2cc([C@H](Cc3cccnc3)NC(=O)/C=C/c3cc(Cl)ccc3-n3cnnn3)nnc2Cl)cc1. The van der Waals surface area contributed by atoms with Crippen molar-refractivity contribution in [2.45, 2.75) is 12.5 Å². The lowest BCUT2D eigenvalue weighted by molar-refractivity contribution is -0.117. The fourth-order valence-corrected chi connectivity index (χ4v) is 4.56. The number of pyridine rings is 1. The van der Waals surface area contributed by atoms with Gasteiger partial charge in [0.15, 0.2) is 5.15 Å². The summed E-state index contributed by atoms with van der Waals surface area (Å²) in [5, 5.41) is 26.0. The van der Waals surface area contributed by atoms with Gasteiger partial charge in [-0.3, -0.25) is 15.1 Å². The topological polar surface area (TPSA) is 150 Å². The van der Waals surface area contributed by atoms with Gasteiger partial charge in [-0.2, -0.15) is 9.78 Å². The van der Waals surface area contributed by atoms with Crippen molar-refractivity contribution < 1.29 is 14.3 Å². The molecule has 0 aliphatic carbocycles. The van der Waals surface area contributed by atoms with Crippen molar-refractivity contribution in [1.29, 1.82) is 0 Å². The number of carbonyl (C=O) groups excluding carboxylic acids is 2. The van der Waals surface area contributed by atoms with Crippen LogP contribution in [0.5, 0.6) is 0 Å². The normalized spacial score (nSPS) is 11.7. The summed E-state index contributed by atoms with van der Waals surface area (Å²) in [7, 11) is 1.29. The van der Waals surface area contributed by atoms with E-state index in [0.717, 1.165) is 11.1 Å². The van der Waals surface area contributed by atoms with E-state index in [1.54, 1.807) is 67.0 Å². The van der Waals surface area contributed by atoms with Gasteiger partial charge in [-0.1, -0.05) is 41.4 Å². The highest BCUT2D eigenvalue weighted by Gasteiger charge is 2.19. The van der Waals surface area contributed by atoms with Gasteiger partial charge in [0.25, 0.3) is 0 Å². The molecule has 14 heteroatoms. The number of hydrogen-bond acceptors (Lipinski definition) is 9. The molecule has 5 rings (SSSR count). The lowest BCUT2D eigenvalue weighted by Crippen LogP contribution is -2.29. The minimum absolute atomic E-state index is 0.180. The van der Waals surface area contributed by atoms with Gasteiger partial charge in [0.2, 0.25) is 5.91 Å². The van der Waals surface area contributed by atoms with Crippen LogP contribution in [0.25, 0.3) is 22.9 Å². The molecule has 0 unspecified atom stereocenters. The molecule has 5 aromatic rings. The number of amides is 2. The molecule has 0 bridgehead atoms. The zero-order valence-corrected chi connectivity index (χ0v) is 24.1. The largest absolute Gasteiger partial charge is 0.453 e. The average Bonchev–Trinajstić information content (AvgIpc) is 3.56. The van der Waals surface area contributed by atoms with E-state index in [2.05, 4.69) is 46.1 Å². The fraction of sp³-hybridized carbons (Fsp3) is 0.103. The van der Waals surface area contributed by atoms with E-state index in [4.69, 9.17) is 23.2 Å². The molecule has 0 spiro atoms. The van der Waals surface area contributed by atoms with E-state index < -0.39 is 12.1 Å². The Morgan fingerprint density at radius 2 is 1.91 bits per heavy atom. The van der Waals surface area contributed by atoms with E-state index in [-0.39, 0.29) is 11.1 Å². The Hall–Kier alpha value is -5.20. The Morgan fingerprint density at radius 3 is 2.63 bits per heavy atom. The van der Waals surface area contributed by atoms with Crippen LogP contribution < -0.4 is 10.6 Å². The molecule has 0 fully saturated rings. The fourth-order valence-electron chi connectivity index (χ4n) is 4.18. The Labute approximate surface area is 255 Å². The minimum atomic E-state index is -0.580. The second-order valence-corrected chi connectivity index (χ2v) is 9.88. The van der Waals surface area contributed by atoms with Gasteiger partial charge in [0, 0.05) is 40.3 Å². The van der Waals surface area contributed by atoms with Crippen molar-refractivity contribution >= 4 is 47.0 Å². The molecule has 0 aliphatic heterocycles. The first-order valence-corrected chi connectivity index (χ1v) is 13.5. The summed E-state index contributed by atoms with van der Waals surface area (Å²) in [6.07, 6.45) is 7.67. The van der Waals surface area contributed by atoms with Gasteiger partial charge in [-0.05, 0) is 76.5 Å². The van der Waals surface area contributed by atoms with Gasteiger partial charge < -0.3 is 10.1 Å². The summed E-state index contributed by atoms with van der Waals surface area (Å²) >= 11 is 12.6. The number of anilines is 1. The van der Waals surface area contributed by atoms with Crippen molar-refractivity contribution in [3.63, 3.8) is 0 Å². The van der Waals surface area contributed by atoms with Gasteiger partial charge in [-0.15, -0.1) is 10.2 Å². The Balaban J connectivity index is 1.42. The van der Waals surface area contributed by atoms with Crippen LogP contribution in [0.3, 0.4) is 0 Å². The van der Waals surface area contributed by atoms with Gasteiger partial charge >= 0.3 is 6.09 Å². The third-order valence-electron chi connectivity index (χ3n) is 6.23. The van der Waals surface area contributed by atoms with E-state index in [1.807, 2.05) is 12.1 Å². The van der Waals surface area contributed by atoms with Crippen molar-refractivity contribution in [3.8, 4) is 16.8 Å². The molecule has 12 nitrogen and oxygen atoms in total. The van der Waals surface area contributed by atoms with E-state index in [0.29, 0.717) is 39.6 Å². The summed E-state index contributed by atoms with van der Waals surface area (Å²) in [5.41, 5.74) is 4.53. The first-order valence-electron chi connectivity index (χ1n) is 12.8. The molecule has 0 aliphatic rings. The molecule has 0 saturated carbocycles. The van der Waals surface area contributed by atoms with Crippen LogP contribution in [0.4, 0.5) is 10.5 Å². The second-order valence-electron chi connectivity index (χ2n) is 9.09. The lowest BCUT2D eigenvalue weighted by atomic mass is 10.0. The quantitative estimate of drug-likeness (QED) is 0.215. The average molecular weight is 616 g/mol. The van der Waals surface area contributed by atoms with E-state index >= 15 is 0 Å². The van der Waals surface area contributed by atoms with Crippen LogP contribution in [-0.2, 0) is 16.0 Å². The van der Waals surface area contributed by atoms with E-state index in [9.17, 15) is 9.59 Å². The molecule has 0 saturated heterocycles. The van der Waals surface area contributed by atoms with Crippen LogP contribution in [0, 0.1) is 0 Å². The van der Waals surface area contributed by atoms with Gasteiger partial charge in [0.05, 0.1) is 24.5 Å². The zero-order valence-electron chi connectivity index (χ0n) is 22.6. The maximum absolute atomic E-state index is 13.2. The number of methoxy groups -OCH3 is 1. The van der Waals surface area contributed by atoms with Crippen molar-refractivity contribution in [3.05, 3.63) is 112 Å². The molecule has 2 amide bonds. The lowest BCUT2D eigenvalue weighted by Gasteiger charge is -2.18.